The van der Waals surface area contributed by atoms with E-state index < -0.39 is 17.2 Å². The summed E-state index contributed by atoms with van der Waals surface area (Å²) in [5.74, 6) is -1.08. The van der Waals surface area contributed by atoms with Crippen LogP contribution in [0.2, 0.25) is 0 Å². The molecule has 1 saturated carbocycles. The maximum Gasteiger partial charge on any atom is 0.332 e. The summed E-state index contributed by atoms with van der Waals surface area (Å²) in [6.45, 7) is 0.397. The summed E-state index contributed by atoms with van der Waals surface area (Å²) < 4.78 is 5.28. The zero-order valence-electron chi connectivity index (χ0n) is 19.4. The molecule has 3 aromatic rings. The van der Waals surface area contributed by atoms with Crippen molar-refractivity contribution in [2.75, 3.05) is 5.73 Å². The molecule has 13 heteroatoms. The number of aromatic nitrogens is 4. The van der Waals surface area contributed by atoms with Crippen LogP contribution in [0.25, 0.3) is 11.2 Å². The minimum atomic E-state index is -1.08. The smallest absolute Gasteiger partial charge is 0.332 e. The average Bonchev–Trinajstić information content (AvgIpc) is 3.22. The molecule has 11 nitrogen and oxygen atoms in total. The average molecular weight is 616 g/mol. The number of anilines is 1. The van der Waals surface area contributed by atoms with Crippen LogP contribution >= 0.6 is 31.9 Å². The molecule has 1 aliphatic rings. The SMILES string of the molecule is Cn1c(=O)c2c(ncn2CC(=O)O)n(C)c1=O.Nc1c(Br)cc(Br)cc1CN[C@H]1CC[C@H](O)CC1. The molecule has 0 aliphatic heterocycles. The first-order chi connectivity index (χ1) is 16.5. The number of aliphatic hydroxyl groups is 1. The molecule has 0 atom stereocenters. The lowest BCUT2D eigenvalue weighted by molar-refractivity contribution is -0.137. The van der Waals surface area contributed by atoms with Crippen molar-refractivity contribution in [3.63, 3.8) is 0 Å². The summed E-state index contributed by atoms with van der Waals surface area (Å²) in [6, 6.07) is 4.49. The number of nitrogens with zero attached hydrogens (tertiary/aromatic N) is 4. The summed E-state index contributed by atoms with van der Waals surface area (Å²) >= 11 is 6.93. The van der Waals surface area contributed by atoms with E-state index in [1.165, 1.54) is 29.6 Å². The fourth-order valence-corrected chi connectivity index (χ4v) is 5.29. The number of hydrogen-bond donors (Lipinski definition) is 4. The van der Waals surface area contributed by atoms with Gasteiger partial charge in [-0.05, 0) is 59.3 Å². The van der Waals surface area contributed by atoms with Gasteiger partial charge in [-0.15, -0.1) is 0 Å². The Hall–Kier alpha value is -2.48. The van der Waals surface area contributed by atoms with E-state index in [1.807, 2.05) is 12.1 Å². The van der Waals surface area contributed by atoms with Crippen LogP contribution in [-0.4, -0.2) is 47.0 Å². The second-order valence-electron chi connectivity index (χ2n) is 8.49. The number of carboxylic acids is 1. The molecule has 2 heterocycles. The van der Waals surface area contributed by atoms with Gasteiger partial charge in [0.25, 0.3) is 5.56 Å². The Balaban J connectivity index is 0.000000196. The molecular formula is C22H28Br2N6O5. The Morgan fingerprint density at radius 3 is 2.46 bits per heavy atom. The fourth-order valence-electron chi connectivity index (χ4n) is 3.98. The van der Waals surface area contributed by atoms with Crippen LogP contribution in [0.3, 0.4) is 0 Å². The maximum absolute atomic E-state index is 11.9. The number of carboxylic acid groups (broad SMARTS) is 1. The molecule has 0 radical (unpaired) electrons. The molecule has 0 bridgehead atoms. The largest absolute Gasteiger partial charge is 0.480 e. The second kappa shape index (κ2) is 11.5. The van der Waals surface area contributed by atoms with Crippen molar-refractivity contribution in [1.29, 1.82) is 0 Å². The van der Waals surface area contributed by atoms with Crippen LogP contribution < -0.4 is 22.3 Å². The van der Waals surface area contributed by atoms with Gasteiger partial charge in [0.05, 0.1) is 18.1 Å². The predicted octanol–water partition coefficient (Wildman–Crippen LogP) is 1.71. The zero-order chi connectivity index (χ0) is 25.9. The Morgan fingerprint density at radius 2 is 1.83 bits per heavy atom. The molecule has 5 N–H and O–H groups in total. The number of nitrogens with two attached hydrogens (primary N) is 1. The van der Waals surface area contributed by atoms with Crippen molar-refractivity contribution in [3.8, 4) is 0 Å². The number of nitrogens with one attached hydrogen (secondary N) is 1. The monoisotopic (exact) mass is 614 g/mol. The Kier molecular flexibility index (Phi) is 8.91. The van der Waals surface area contributed by atoms with Crippen molar-refractivity contribution in [3.05, 3.63) is 53.8 Å². The number of imidazole rings is 1. The van der Waals surface area contributed by atoms with Crippen molar-refractivity contribution < 1.29 is 15.0 Å². The molecule has 0 unspecified atom stereocenters. The van der Waals surface area contributed by atoms with Crippen LogP contribution in [0.15, 0.2) is 37.0 Å². The minimum Gasteiger partial charge on any atom is -0.480 e. The lowest BCUT2D eigenvalue weighted by Gasteiger charge is -2.26. The van der Waals surface area contributed by atoms with Crippen LogP contribution in [0.4, 0.5) is 5.69 Å². The van der Waals surface area contributed by atoms with Crippen molar-refractivity contribution >= 4 is 54.7 Å². The van der Waals surface area contributed by atoms with E-state index in [1.54, 1.807) is 0 Å². The number of fused-ring (bicyclic) bond motifs is 1. The first kappa shape index (κ1) is 27.1. The van der Waals surface area contributed by atoms with Crippen molar-refractivity contribution in [2.24, 2.45) is 14.1 Å². The van der Waals surface area contributed by atoms with E-state index in [4.69, 9.17) is 10.8 Å². The lowest BCUT2D eigenvalue weighted by atomic mass is 9.93. The quantitative estimate of drug-likeness (QED) is 0.316. The molecule has 1 aliphatic carbocycles. The third-order valence-electron chi connectivity index (χ3n) is 5.98. The van der Waals surface area contributed by atoms with Crippen molar-refractivity contribution in [1.82, 2.24) is 24.0 Å². The van der Waals surface area contributed by atoms with E-state index in [9.17, 15) is 19.5 Å². The normalized spacial score (nSPS) is 17.7. The maximum atomic E-state index is 11.9. The van der Waals surface area contributed by atoms with Gasteiger partial charge in [0, 0.05) is 35.6 Å². The number of aliphatic hydroxyl groups excluding tert-OH is 1. The summed E-state index contributed by atoms with van der Waals surface area (Å²) in [5, 5.41) is 21.7. The Labute approximate surface area is 217 Å². The molecule has 35 heavy (non-hydrogen) atoms. The van der Waals surface area contributed by atoms with Gasteiger partial charge in [0.1, 0.15) is 6.54 Å². The van der Waals surface area contributed by atoms with Crippen LogP contribution in [0.5, 0.6) is 0 Å². The molecule has 2 aromatic heterocycles. The number of rotatable bonds is 5. The molecule has 1 fully saturated rings. The lowest BCUT2D eigenvalue weighted by Crippen LogP contribution is -2.37. The fraction of sp³-hybridized carbons (Fsp3) is 0.455. The van der Waals surface area contributed by atoms with Crippen LogP contribution in [0, 0.1) is 0 Å². The van der Waals surface area contributed by atoms with Gasteiger partial charge in [-0.25, -0.2) is 9.78 Å². The Bertz CT molecular complexity index is 1340. The van der Waals surface area contributed by atoms with E-state index in [-0.39, 0.29) is 23.8 Å². The summed E-state index contributed by atoms with van der Waals surface area (Å²) in [7, 11) is 2.81. The van der Waals surface area contributed by atoms with E-state index in [0.29, 0.717) is 6.04 Å². The predicted molar refractivity (Wildman–Crippen MR) is 139 cm³/mol. The molecule has 1 aromatic carbocycles. The number of nitrogen functional groups attached to an aromatic ring is 1. The van der Waals surface area contributed by atoms with Crippen LogP contribution in [-0.2, 0) is 32.0 Å². The highest BCUT2D eigenvalue weighted by Gasteiger charge is 2.19. The number of halogens is 2. The first-order valence-electron chi connectivity index (χ1n) is 11.0. The van der Waals surface area contributed by atoms with Crippen LogP contribution in [0.1, 0.15) is 31.2 Å². The molecule has 4 rings (SSSR count). The van der Waals surface area contributed by atoms with Gasteiger partial charge >= 0.3 is 11.7 Å². The van der Waals surface area contributed by atoms with E-state index in [0.717, 1.165) is 57.0 Å². The summed E-state index contributed by atoms with van der Waals surface area (Å²) in [4.78, 5) is 38.0. The topological polar surface area (TPSA) is 157 Å². The van der Waals surface area contributed by atoms with E-state index in [2.05, 4.69) is 42.2 Å². The standard InChI is InChI=1S/C13H18Br2N2O.C9H10N4O4/c14-9-5-8(13(16)12(15)6-9)7-17-10-1-3-11(18)4-2-10;1-11-7-6(8(16)12(2)9(11)17)13(4-10-7)3-5(14)15/h5-6,10-11,17-18H,1-4,7,16H2;4H,3H2,1-2H3,(H,14,15)/t10-,11-;. The number of aliphatic carboxylic acids is 1. The third-order valence-corrected chi connectivity index (χ3v) is 7.09. The molecule has 190 valence electrons. The Morgan fingerprint density at radius 1 is 1.17 bits per heavy atom. The zero-order valence-corrected chi connectivity index (χ0v) is 22.5. The number of carbonyl (C=O) groups is 1. The summed E-state index contributed by atoms with van der Waals surface area (Å²) in [5.41, 5.74) is 7.17. The molecule has 0 amide bonds. The molecular weight excluding hydrogens is 588 g/mol. The summed E-state index contributed by atoms with van der Waals surface area (Å²) in [6.07, 6.45) is 5.00. The van der Waals surface area contributed by atoms with Gasteiger partial charge in [-0.1, -0.05) is 15.9 Å². The third kappa shape index (κ3) is 6.40. The highest BCUT2D eigenvalue weighted by molar-refractivity contribution is 9.11. The van der Waals surface area contributed by atoms with Gasteiger partial charge in [0.2, 0.25) is 0 Å². The van der Waals surface area contributed by atoms with Gasteiger partial charge in [-0.3, -0.25) is 18.7 Å². The second-order valence-corrected chi connectivity index (χ2v) is 10.3. The van der Waals surface area contributed by atoms with Gasteiger partial charge < -0.3 is 25.8 Å². The van der Waals surface area contributed by atoms with Gasteiger partial charge in [0.15, 0.2) is 11.2 Å². The molecule has 0 saturated heterocycles. The number of hydrogen-bond acceptors (Lipinski definition) is 7. The molecule has 0 spiro atoms. The minimum absolute atomic E-state index is 0.104. The van der Waals surface area contributed by atoms with Gasteiger partial charge in [-0.2, -0.15) is 0 Å². The highest BCUT2D eigenvalue weighted by Crippen LogP contribution is 2.28. The number of aryl methyl sites for hydroxylation is 1. The highest BCUT2D eigenvalue weighted by atomic mass is 79.9. The van der Waals surface area contributed by atoms with E-state index >= 15 is 0 Å². The number of benzene rings is 1. The van der Waals surface area contributed by atoms with Crippen molar-refractivity contribution in [2.45, 2.75) is 50.9 Å². The first-order valence-corrected chi connectivity index (χ1v) is 12.6.